The van der Waals surface area contributed by atoms with Crippen molar-refractivity contribution >= 4 is 26.6 Å². The lowest BCUT2D eigenvalue weighted by atomic mass is 9.92. The molecule has 148 valence electrons. The van der Waals surface area contributed by atoms with Crippen molar-refractivity contribution in [3.63, 3.8) is 0 Å². The van der Waals surface area contributed by atoms with E-state index in [0.717, 1.165) is 24.6 Å². The number of hydrogen-bond acceptors (Lipinski definition) is 5. The van der Waals surface area contributed by atoms with Crippen LogP contribution in [0.25, 0.3) is 22.4 Å². The van der Waals surface area contributed by atoms with E-state index in [0.29, 0.717) is 22.7 Å². The Morgan fingerprint density at radius 1 is 1.25 bits per heavy atom. The number of anilines is 1. The maximum Gasteiger partial charge on any atom is 0.243 e. The molecule has 2 heterocycles. The van der Waals surface area contributed by atoms with E-state index in [1.165, 1.54) is 24.5 Å². The zero-order valence-corrected chi connectivity index (χ0v) is 16.5. The highest BCUT2D eigenvalue weighted by molar-refractivity contribution is 7.89. The highest BCUT2D eigenvalue weighted by Crippen LogP contribution is 2.43. The highest BCUT2D eigenvalue weighted by Gasteiger charge is 2.28. The fourth-order valence-corrected chi connectivity index (χ4v) is 4.66. The van der Waals surface area contributed by atoms with Gasteiger partial charge in [-0.2, -0.15) is 0 Å². The summed E-state index contributed by atoms with van der Waals surface area (Å²) in [5, 5.41) is 0.741. The zero-order valence-electron chi connectivity index (χ0n) is 15.7. The van der Waals surface area contributed by atoms with Crippen LogP contribution in [-0.2, 0) is 10.0 Å². The minimum Gasteiger partial charge on any atom is -0.396 e. The number of halogens is 1. The molecule has 0 amide bonds. The topological polar surface area (TPSA) is 103 Å². The van der Waals surface area contributed by atoms with E-state index in [1.807, 2.05) is 4.57 Å². The van der Waals surface area contributed by atoms with Crippen LogP contribution in [0.3, 0.4) is 0 Å². The van der Waals surface area contributed by atoms with Crippen molar-refractivity contribution in [2.45, 2.75) is 50.1 Å². The van der Waals surface area contributed by atoms with Gasteiger partial charge in [-0.05, 0) is 51.3 Å². The quantitative estimate of drug-likeness (QED) is 0.681. The molecule has 1 aliphatic rings. The molecule has 3 aromatic rings. The number of hydrogen-bond donors (Lipinski definition) is 2. The normalized spacial score (nSPS) is 15.3. The van der Waals surface area contributed by atoms with E-state index in [-0.39, 0.29) is 22.8 Å². The number of benzene rings is 1. The van der Waals surface area contributed by atoms with Gasteiger partial charge in [-0.3, -0.25) is 0 Å². The minimum atomic E-state index is -3.68. The minimum absolute atomic E-state index is 0.0131. The van der Waals surface area contributed by atoms with Gasteiger partial charge in [-0.1, -0.05) is 0 Å². The monoisotopic (exact) mass is 403 g/mol. The molecule has 0 unspecified atom stereocenters. The van der Waals surface area contributed by atoms with Crippen LogP contribution in [0.1, 0.15) is 39.2 Å². The van der Waals surface area contributed by atoms with E-state index in [4.69, 9.17) is 5.73 Å². The van der Waals surface area contributed by atoms with Crippen LogP contribution in [0.2, 0.25) is 0 Å². The third-order valence-electron chi connectivity index (χ3n) is 4.99. The molecule has 0 bridgehead atoms. The van der Waals surface area contributed by atoms with Crippen molar-refractivity contribution in [3.05, 3.63) is 36.4 Å². The van der Waals surface area contributed by atoms with Crippen LogP contribution < -0.4 is 10.5 Å². The van der Waals surface area contributed by atoms with E-state index >= 15 is 0 Å². The molecule has 0 radical (unpaired) electrons. The lowest BCUT2D eigenvalue weighted by molar-refractivity contribution is 0.324. The maximum absolute atomic E-state index is 13.9. The molecule has 1 aromatic carbocycles. The van der Waals surface area contributed by atoms with Crippen LogP contribution in [0.5, 0.6) is 0 Å². The van der Waals surface area contributed by atoms with E-state index in [1.54, 1.807) is 19.9 Å². The van der Waals surface area contributed by atoms with E-state index in [2.05, 4.69) is 14.7 Å². The number of fused-ring (bicyclic) bond motifs is 1. The maximum atomic E-state index is 13.9. The Kier molecular flexibility index (Phi) is 4.59. The standard InChI is InChI=1S/C19H22FN5O2S/c1-11(2)24-28(26,27)14-9-22-19(23-10-14)18-17(21)15-7-6-12(20)8-16(15)25(18)13-4-3-5-13/h6-11,13,24H,3-5,21H2,1-2H3. The fourth-order valence-electron chi connectivity index (χ4n) is 3.52. The van der Waals surface area contributed by atoms with Gasteiger partial charge in [0.1, 0.15) is 16.4 Å². The highest BCUT2D eigenvalue weighted by atomic mass is 32.2. The predicted octanol–water partition coefficient (Wildman–Crippen LogP) is 3.23. The van der Waals surface area contributed by atoms with Crippen LogP contribution >= 0.6 is 0 Å². The molecule has 2 aromatic heterocycles. The van der Waals surface area contributed by atoms with Gasteiger partial charge in [0, 0.05) is 17.5 Å². The molecule has 1 fully saturated rings. The summed E-state index contributed by atoms with van der Waals surface area (Å²) in [6.45, 7) is 3.48. The molecular formula is C19H22FN5O2S. The molecule has 1 aliphatic carbocycles. The molecule has 0 spiro atoms. The molecule has 0 saturated heterocycles. The van der Waals surface area contributed by atoms with Gasteiger partial charge in [-0.15, -0.1) is 0 Å². The predicted molar refractivity (Wildman–Crippen MR) is 106 cm³/mol. The summed E-state index contributed by atoms with van der Waals surface area (Å²) in [6, 6.07) is 4.47. The van der Waals surface area contributed by atoms with E-state index < -0.39 is 10.0 Å². The number of nitrogens with two attached hydrogens (primary N) is 1. The Hall–Kier alpha value is -2.52. The first-order valence-electron chi connectivity index (χ1n) is 9.21. The van der Waals surface area contributed by atoms with Gasteiger partial charge in [0.15, 0.2) is 5.82 Å². The Labute approximate surface area is 162 Å². The van der Waals surface area contributed by atoms with Gasteiger partial charge in [0.2, 0.25) is 10.0 Å². The van der Waals surface area contributed by atoms with Gasteiger partial charge in [-0.25, -0.2) is 27.5 Å². The number of rotatable bonds is 5. The molecule has 3 N–H and O–H groups in total. The summed E-state index contributed by atoms with van der Waals surface area (Å²) in [7, 11) is -3.68. The van der Waals surface area contributed by atoms with Gasteiger partial charge >= 0.3 is 0 Å². The summed E-state index contributed by atoms with van der Waals surface area (Å²) in [5.74, 6) is -0.0104. The van der Waals surface area contributed by atoms with Crippen LogP contribution in [0.4, 0.5) is 10.1 Å². The third-order valence-corrected chi connectivity index (χ3v) is 6.60. The average Bonchev–Trinajstić information content (AvgIpc) is 2.84. The summed E-state index contributed by atoms with van der Waals surface area (Å²) < 4.78 is 43.0. The Morgan fingerprint density at radius 2 is 1.93 bits per heavy atom. The second-order valence-electron chi connectivity index (χ2n) is 7.40. The molecule has 4 rings (SSSR count). The number of aromatic nitrogens is 3. The van der Waals surface area contributed by atoms with Crippen molar-refractivity contribution in [2.24, 2.45) is 0 Å². The first-order chi connectivity index (χ1) is 13.3. The number of nitrogen functional groups attached to an aromatic ring is 1. The Morgan fingerprint density at radius 3 is 2.50 bits per heavy atom. The lowest BCUT2D eigenvalue weighted by Gasteiger charge is -2.29. The van der Waals surface area contributed by atoms with Crippen LogP contribution in [0, 0.1) is 5.82 Å². The Balaban J connectivity index is 1.84. The van der Waals surface area contributed by atoms with Crippen molar-refractivity contribution in [2.75, 3.05) is 5.73 Å². The number of sulfonamides is 1. The first kappa shape index (κ1) is 18.8. The summed E-state index contributed by atoms with van der Waals surface area (Å²) in [4.78, 5) is 8.54. The summed E-state index contributed by atoms with van der Waals surface area (Å²) in [5.41, 5.74) is 8.15. The van der Waals surface area contributed by atoms with Crippen molar-refractivity contribution in [1.29, 1.82) is 0 Å². The molecule has 7 nitrogen and oxygen atoms in total. The summed E-state index contributed by atoms with van der Waals surface area (Å²) in [6.07, 6.45) is 5.58. The summed E-state index contributed by atoms with van der Waals surface area (Å²) >= 11 is 0. The molecule has 28 heavy (non-hydrogen) atoms. The van der Waals surface area contributed by atoms with Gasteiger partial charge < -0.3 is 10.3 Å². The lowest BCUT2D eigenvalue weighted by Crippen LogP contribution is -2.30. The van der Waals surface area contributed by atoms with E-state index in [9.17, 15) is 12.8 Å². The van der Waals surface area contributed by atoms with Gasteiger partial charge in [0.05, 0.1) is 23.6 Å². The van der Waals surface area contributed by atoms with Crippen LogP contribution in [0.15, 0.2) is 35.5 Å². The Bertz CT molecular complexity index is 1140. The van der Waals surface area contributed by atoms with Gasteiger partial charge in [0.25, 0.3) is 0 Å². The number of nitrogens with one attached hydrogen (secondary N) is 1. The number of nitrogens with zero attached hydrogens (tertiary/aromatic N) is 3. The fraction of sp³-hybridized carbons (Fsp3) is 0.368. The van der Waals surface area contributed by atoms with Crippen molar-refractivity contribution in [3.8, 4) is 11.5 Å². The molecule has 9 heteroatoms. The van der Waals surface area contributed by atoms with Crippen molar-refractivity contribution in [1.82, 2.24) is 19.3 Å². The SMILES string of the molecule is CC(C)NS(=O)(=O)c1cnc(-c2c(N)c3ccc(F)cc3n2C2CCC2)nc1. The average molecular weight is 403 g/mol. The first-order valence-corrected chi connectivity index (χ1v) is 10.7. The zero-order chi connectivity index (χ0) is 20.1. The van der Waals surface area contributed by atoms with Crippen LogP contribution in [-0.4, -0.2) is 29.0 Å². The third kappa shape index (κ3) is 3.14. The second kappa shape index (κ2) is 6.82. The largest absolute Gasteiger partial charge is 0.396 e. The molecule has 0 atom stereocenters. The second-order valence-corrected chi connectivity index (χ2v) is 9.11. The smallest absolute Gasteiger partial charge is 0.243 e. The molecule has 1 saturated carbocycles. The molecule has 0 aliphatic heterocycles. The van der Waals surface area contributed by atoms with Crippen molar-refractivity contribution < 1.29 is 12.8 Å². The molecular weight excluding hydrogens is 381 g/mol.